The largest absolute Gasteiger partial charge is 0.504 e. The SMILES string of the molecule is COc1cc(CN2CCC(C)C(CN)C2)ccc1O. The van der Waals surface area contributed by atoms with Crippen LogP contribution in [0.4, 0.5) is 0 Å². The maximum Gasteiger partial charge on any atom is 0.160 e. The van der Waals surface area contributed by atoms with Crippen LogP contribution in [0, 0.1) is 11.8 Å². The summed E-state index contributed by atoms with van der Waals surface area (Å²) in [5, 5.41) is 9.60. The summed E-state index contributed by atoms with van der Waals surface area (Å²) >= 11 is 0. The number of ether oxygens (including phenoxy) is 1. The van der Waals surface area contributed by atoms with Gasteiger partial charge in [0.2, 0.25) is 0 Å². The Hall–Kier alpha value is -1.26. The lowest BCUT2D eigenvalue weighted by molar-refractivity contribution is 0.126. The highest BCUT2D eigenvalue weighted by Gasteiger charge is 2.25. The maximum absolute atomic E-state index is 9.60. The van der Waals surface area contributed by atoms with Crippen LogP contribution in [0.3, 0.4) is 0 Å². The molecule has 0 aromatic heterocycles. The molecule has 0 aliphatic carbocycles. The minimum atomic E-state index is 0.193. The number of piperidine rings is 1. The van der Waals surface area contributed by atoms with Crippen molar-refractivity contribution in [3.8, 4) is 11.5 Å². The number of nitrogens with zero attached hydrogens (tertiary/aromatic N) is 1. The van der Waals surface area contributed by atoms with Gasteiger partial charge in [0.25, 0.3) is 0 Å². The van der Waals surface area contributed by atoms with E-state index in [-0.39, 0.29) is 5.75 Å². The highest BCUT2D eigenvalue weighted by molar-refractivity contribution is 5.41. The Morgan fingerprint density at radius 3 is 2.95 bits per heavy atom. The van der Waals surface area contributed by atoms with Crippen LogP contribution in [-0.4, -0.2) is 36.8 Å². The Morgan fingerprint density at radius 1 is 1.47 bits per heavy atom. The first-order valence-electron chi connectivity index (χ1n) is 6.92. The van der Waals surface area contributed by atoms with E-state index in [1.165, 1.54) is 12.0 Å². The van der Waals surface area contributed by atoms with Gasteiger partial charge in [-0.05, 0) is 49.0 Å². The smallest absolute Gasteiger partial charge is 0.160 e. The van der Waals surface area contributed by atoms with Gasteiger partial charge in [-0.3, -0.25) is 4.90 Å². The lowest BCUT2D eigenvalue weighted by atomic mass is 9.87. The van der Waals surface area contributed by atoms with Gasteiger partial charge in [0.05, 0.1) is 7.11 Å². The molecule has 0 saturated carbocycles. The number of rotatable bonds is 4. The summed E-state index contributed by atoms with van der Waals surface area (Å²) in [6.45, 7) is 6.11. The Labute approximate surface area is 115 Å². The molecular weight excluding hydrogens is 240 g/mol. The Balaban J connectivity index is 2.01. The van der Waals surface area contributed by atoms with Crippen molar-refractivity contribution in [1.82, 2.24) is 4.90 Å². The van der Waals surface area contributed by atoms with E-state index in [0.717, 1.165) is 32.1 Å². The normalized spacial score (nSPS) is 24.4. The Kier molecular flexibility index (Phi) is 4.66. The highest BCUT2D eigenvalue weighted by atomic mass is 16.5. The molecule has 1 aliphatic rings. The number of hydrogen-bond acceptors (Lipinski definition) is 4. The number of likely N-dealkylation sites (tertiary alicyclic amines) is 1. The van der Waals surface area contributed by atoms with E-state index in [2.05, 4.69) is 11.8 Å². The molecule has 19 heavy (non-hydrogen) atoms. The maximum atomic E-state index is 9.60. The van der Waals surface area contributed by atoms with Gasteiger partial charge in [0.1, 0.15) is 0 Å². The van der Waals surface area contributed by atoms with E-state index >= 15 is 0 Å². The minimum Gasteiger partial charge on any atom is -0.504 e. The van der Waals surface area contributed by atoms with Crippen LogP contribution >= 0.6 is 0 Å². The molecular formula is C15H24N2O2. The van der Waals surface area contributed by atoms with Crippen molar-refractivity contribution in [1.29, 1.82) is 0 Å². The molecule has 0 bridgehead atoms. The van der Waals surface area contributed by atoms with Crippen molar-refractivity contribution in [2.45, 2.75) is 19.9 Å². The number of nitrogens with two attached hydrogens (primary N) is 1. The van der Waals surface area contributed by atoms with E-state index in [1.54, 1.807) is 13.2 Å². The van der Waals surface area contributed by atoms with E-state index in [1.807, 2.05) is 12.1 Å². The summed E-state index contributed by atoms with van der Waals surface area (Å²) < 4.78 is 5.15. The molecule has 0 spiro atoms. The first kappa shape index (κ1) is 14.2. The molecule has 2 rings (SSSR count). The molecule has 1 aromatic rings. The standard InChI is InChI=1S/C15H24N2O2/c1-11-5-6-17(10-13(11)8-16)9-12-3-4-14(18)15(7-12)19-2/h3-4,7,11,13,18H,5-6,8-10,16H2,1-2H3. The lowest BCUT2D eigenvalue weighted by Gasteiger charge is -2.36. The number of hydrogen-bond donors (Lipinski definition) is 2. The van der Waals surface area contributed by atoms with Gasteiger partial charge in [-0.15, -0.1) is 0 Å². The van der Waals surface area contributed by atoms with Gasteiger partial charge in [-0.25, -0.2) is 0 Å². The van der Waals surface area contributed by atoms with Crippen molar-refractivity contribution in [3.63, 3.8) is 0 Å². The third kappa shape index (κ3) is 3.39. The van der Waals surface area contributed by atoms with Crippen molar-refractivity contribution in [3.05, 3.63) is 23.8 Å². The summed E-state index contributed by atoms with van der Waals surface area (Å²) in [5.74, 6) is 2.04. The zero-order valence-electron chi connectivity index (χ0n) is 11.8. The fourth-order valence-corrected chi connectivity index (χ4v) is 2.75. The summed E-state index contributed by atoms with van der Waals surface area (Å²) in [4.78, 5) is 2.43. The van der Waals surface area contributed by atoms with E-state index < -0.39 is 0 Å². The predicted molar refractivity (Wildman–Crippen MR) is 76.3 cm³/mol. The van der Waals surface area contributed by atoms with Crippen LogP contribution in [0.25, 0.3) is 0 Å². The van der Waals surface area contributed by atoms with Crippen LogP contribution in [0.15, 0.2) is 18.2 Å². The molecule has 106 valence electrons. The summed E-state index contributed by atoms with van der Waals surface area (Å²) in [7, 11) is 1.58. The van der Waals surface area contributed by atoms with E-state index in [4.69, 9.17) is 10.5 Å². The zero-order valence-corrected chi connectivity index (χ0v) is 11.8. The molecule has 4 nitrogen and oxygen atoms in total. The van der Waals surface area contributed by atoms with Crippen molar-refractivity contribution in [2.75, 3.05) is 26.7 Å². The highest BCUT2D eigenvalue weighted by Crippen LogP contribution is 2.28. The molecule has 4 heteroatoms. The van der Waals surface area contributed by atoms with Gasteiger partial charge in [-0.2, -0.15) is 0 Å². The van der Waals surface area contributed by atoms with Crippen molar-refractivity contribution < 1.29 is 9.84 Å². The second kappa shape index (κ2) is 6.26. The van der Waals surface area contributed by atoms with Gasteiger partial charge in [0.15, 0.2) is 11.5 Å². The van der Waals surface area contributed by atoms with Gasteiger partial charge in [0, 0.05) is 13.1 Å². The molecule has 1 saturated heterocycles. The summed E-state index contributed by atoms with van der Waals surface area (Å²) in [5.41, 5.74) is 7.00. The minimum absolute atomic E-state index is 0.193. The fourth-order valence-electron chi connectivity index (χ4n) is 2.75. The van der Waals surface area contributed by atoms with Crippen LogP contribution < -0.4 is 10.5 Å². The van der Waals surface area contributed by atoms with Gasteiger partial charge in [-0.1, -0.05) is 13.0 Å². The number of benzene rings is 1. The number of phenols is 1. The van der Waals surface area contributed by atoms with E-state index in [0.29, 0.717) is 11.7 Å². The number of aromatic hydroxyl groups is 1. The number of methoxy groups -OCH3 is 1. The molecule has 1 fully saturated rings. The lowest BCUT2D eigenvalue weighted by Crippen LogP contribution is -2.42. The molecule has 0 radical (unpaired) electrons. The van der Waals surface area contributed by atoms with Crippen molar-refractivity contribution >= 4 is 0 Å². The van der Waals surface area contributed by atoms with Crippen molar-refractivity contribution in [2.24, 2.45) is 17.6 Å². The van der Waals surface area contributed by atoms with Gasteiger partial charge < -0.3 is 15.6 Å². The third-order valence-electron chi connectivity index (χ3n) is 4.15. The average molecular weight is 264 g/mol. The average Bonchev–Trinajstić information content (AvgIpc) is 2.43. The first-order valence-corrected chi connectivity index (χ1v) is 6.92. The monoisotopic (exact) mass is 264 g/mol. The summed E-state index contributed by atoms with van der Waals surface area (Å²) in [6, 6.07) is 5.55. The Morgan fingerprint density at radius 2 is 2.26 bits per heavy atom. The molecule has 0 amide bonds. The predicted octanol–water partition coefficient (Wildman–Crippen LogP) is 1.82. The van der Waals surface area contributed by atoms with Crippen LogP contribution in [0.2, 0.25) is 0 Å². The number of phenolic OH excluding ortho intramolecular Hbond substituents is 1. The van der Waals surface area contributed by atoms with Crippen LogP contribution in [0.5, 0.6) is 11.5 Å². The Bertz CT molecular complexity index is 423. The van der Waals surface area contributed by atoms with Crippen LogP contribution in [-0.2, 0) is 6.54 Å². The fraction of sp³-hybridized carbons (Fsp3) is 0.600. The molecule has 1 heterocycles. The second-order valence-corrected chi connectivity index (χ2v) is 5.50. The molecule has 1 aromatic carbocycles. The first-order chi connectivity index (χ1) is 9.13. The topological polar surface area (TPSA) is 58.7 Å². The quantitative estimate of drug-likeness (QED) is 0.871. The molecule has 2 atom stereocenters. The van der Waals surface area contributed by atoms with Gasteiger partial charge >= 0.3 is 0 Å². The molecule has 3 N–H and O–H groups in total. The third-order valence-corrected chi connectivity index (χ3v) is 4.15. The van der Waals surface area contributed by atoms with Crippen LogP contribution in [0.1, 0.15) is 18.9 Å². The van der Waals surface area contributed by atoms with E-state index in [9.17, 15) is 5.11 Å². The molecule has 2 unspecified atom stereocenters. The molecule has 1 aliphatic heterocycles. The summed E-state index contributed by atoms with van der Waals surface area (Å²) in [6.07, 6.45) is 1.21. The zero-order chi connectivity index (χ0) is 13.8. The second-order valence-electron chi connectivity index (χ2n) is 5.50.